The van der Waals surface area contributed by atoms with Crippen LogP contribution < -0.4 is 16.4 Å². The first-order chi connectivity index (χ1) is 8.58. The summed E-state index contributed by atoms with van der Waals surface area (Å²) < 4.78 is 0. The van der Waals surface area contributed by atoms with Gasteiger partial charge < -0.3 is 16.4 Å². The number of aryl methyl sites for hydroxylation is 1. The predicted octanol–water partition coefficient (Wildman–Crippen LogP) is 0.959. The molecular formula is C11H16ClN5O. The Hall–Kier alpha value is -1.56. The fourth-order valence-corrected chi connectivity index (χ4v) is 1.75. The molecule has 1 fully saturated rings. The minimum Gasteiger partial charge on any atom is -0.394 e. The van der Waals surface area contributed by atoms with Crippen molar-refractivity contribution in [1.29, 1.82) is 0 Å². The largest absolute Gasteiger partial charge is 0.394 e. The maximum Gasteiger partial charge on any atom is 0.224 e. The second-order valence-corrected chi connectivity index (χ2v) is 4.67. The second kappa shape index (κ2) is 5.39. The van der Waals surface area contributed by atoms with Gasteiger partial charge in [-0.2, -0.15) is 4.98 Å². The highest BCUT2D eigenvalue weighted by Crippen LogP contribution is 2.28. The monoisotopic (exact) mass is 269 g/mol. The Morgan fingerprint density at radius 3 is 2.83 bits per heavy atom. The molecule has 1 aromatic heterocycles. The summed E-state index contributed by atoms with van der Waals surface area (Å²) in [5.74, 6) is 0.862. The lowest BCUT2D eigenvalue weighted by atomic mass is 10.3. The van der Waals surface area contributed by atoms with Crippen LogP contribution in [0.5, 0.6) is 0 Å². The smallest absolute Gasteiger partial charge is 0.224 e. The average Bonchev–Trinajstić information content (AvgIpc) is 3.14. The molecule has 0 aliphatic heterocycles. The van der Waals surface area contributed by atoms with Gasteiger partial charge in [0.25, 0.3) is 0 Å². The number of carbonyl (C=O) groups excluding carboxylic acids is 1. The molecule has 0 radical (unpaired) electrons. The molecule has 1 heterocycles. The van der Waals surface area contributed by atoms with Crippen LogP contribution in [0, 0.1) is 12.8 Å². The minimum absolute atomic E-state index is 0.127. The molecule has 0 saturated heterocycles. The molecule has 2 rings (SSSR count). The third-order valence-corrected chi connectivity index (χ3v) is 2.94. The van der Waals surface area contributed by atoms with Crippen molar-refractivity contribution in [2.75, 3.05) is 24.1 Å². The zero-order chi connectivity index (χ0) is 13.1. The van der Waals surface area contributed by atoms with Gasteiger partial charge in [0, 0.05) is 19.0 Å². The molecule has 1 amide bonds. The van der Waals surface area contributed by atoms with Gasteiger partial charge in [0.15, 0.2) is 5.82 Å². The van der Waals surface area contributed by atoms with Crippen molar-refractivity contribution in [2.24, 2.45) is 5.92 Å². The second-order valence-electron chi connectivity index (χ2n) is 4.33. The van der Waals surface area contributed by atoms with Crippen LogP contribution in [0.15, 0.2) is 0 Å². The Morgan fingerprint density at radius 2 is 2.17 bits per heavy atom. The first-order valence-electron chi connectivity index (χ1n) is 5.89. The van der Waals surface area contributed by atoms with E-state index in [0.29, 0.717) is 30.3 Å². The molecular weight excluding hydrogens is 254 g/mol. The van der Waals surface area contributed by atoms with E-state index < -0.39 is 0 Å². The molecule has 1 aromatic rings. The maximum absolute atomic E-state index is 11.4. The summed E-state index contributed by atoms with van der Waals surface area (Å²) in [5.41, 5.74) is 6.94. The van der Waals surface area contributed by atoms with Gasteiger partial charge in [-0.05, 0) is 31.4 Å². The van der Waals surface area contributed by atoms with E-state index >= 15 is 0 Å². The summed E-state index contributed by atoms with van der Waals surface area (Å²) in [6, 6.07) is 0. The van der Waals surface area contributed by atoms with Gasteiger partial charge in [0.2, 0.25) is 11.2 Å². The Bertz CT molecular complexity index is 461. The molecule has 18 heavy (non-hydrogen) atoms. The zero-order valence-corrected chi connectivity index (χ0v) is 10.9. The number of nitrogens with two attached hydrogens (primary N) is 1. The molecule has 98 valence electrons. The van der Waals surface area contributed by atoms with E-state index in [4.69, 9.17) is 17.3 Å². The number of amides is 1. The van der Waals surface area contributed by atoms with E-state index in [0.717, 1.165) is 12.8 Å². The Kier molecular flexibility index (Phi) is 3.86. The molecule has 1 aliphatic carbocycles. The summed E-state index contributed by atoms with van der Waals surface area (Å²) in [6.07, 6.45) is 2.01. The number of rotatable bonds is 5. The van der Waals surface area contributed by atoms with Crippen LogP contribution in [0.3, 0.4) is 0 Å². The van der Waals surface area contributed by atoms with Crippen molar-refractivity contribution in [3.8, 4) is 0 Å². The number of aromatic nitrogens is 2. The number of carbonyl (C=O) groups is 1. The molecule has 6 nitrogen and oxygen atoms in total. The number of nitrogen functional groups attached to an aromatic ring is 1. The van der Waals surface area contributed by atoms with E-state index in [1.54, 1.807) is 6.92 Å². The molecule has 0 bridgehead atoms. The highest BCUT2D eigenvalue weighted by molar-refractivity contribution is 6.28. The molecule has 0 unspecified atom stereocenters. The van der Waals surface area contributed by atoms with E-state index in [1.165, 1.54) is 0 Å². The molecule has 0 aromatic carbocycles. The molecule has 1 aliphatic rings. The lowest BCUT2D eigenvalue weighted by Gasteiger charge is -2.10. The molecule has 0 spiro atoms. The van der Waals surface area contributed by atoms with Gasteiger partial charge in [0.1, 0.15) is 0 Å². The maximum atomic E-state index is 11.4. The third-order valence-electron chi connectivity index (χ3n) is 2.77. The fourth-order valence-electron chi connectivity index (χ4n) is 1.54. The van der Waals surface area contributed by atoms with Crippen LogP contribution >= 0.6 is 11.6 Å². The van der Waals surface area contributed by atoms with Gasteiger partial charge in [-0.3, -0.25) is 4.79 Å². The number of hydrogen-bond acceptors (Lipinski definition) is 5. The van der Waals surface area contributed by atoms with Crippen molar-refractivity contribution in [1.82, 2.24) is 15.3 Å². The first-order valence-corrected chi connectivity index (χ1v) is 6.27. The summed E-state index contributed by atoms with van der Waals surface area (Å²) >= 11 is 5.75. The Morgan fingerprint density at radius 1 is 1.44 bits per heavy atom. The van der Waals surface area contributed by atoms with Crippen LogP contribution in [-0.2, 0) is 4.79 Å². The van der Waals surface area contributed by atoms with E-state index in [2.05, 4.69) is 20.6 Å². The summed E-state index contributed by atoms with van der Waals surface area (Å²) in [7, 11) is 0. The van der Waals surface area contributed by atoms with E-state index in [9.17, 15) is 4.79 Å². The summed E-state index contributed by atoms with van der Waals surface area (Å²) in [6.45, 7) is 2.85. The van der Waals surface area contributed by atoms with E-state index in [1.807, 2.05) is 0 Å². The molecule has 0 atom stereocenters. The number of nitrogens with one attached hydrogen (secondary N) is 2. The van der Waals surface area contributed by atoms with Gasteiger partial charge in [-0.15, -0.1) is 0 Å². The highest BCUT2D eigenvalue weighted by Gasteiger charge is 2.28. The third kappa shape index (κ3) is 3.22. The summed E-state index contributed by atoms with van der Waals surface area (Å²) in [4.78, 5) is 19.3. The topological polar surface area (TPSA) is 92.9 Å². The molecule has 7 heteroatoms. The summed E-state index contributed by atoms with van der Waals surface area (Å²) in [5, 5.41) is 6.04. The lowest BCUT2D eigenvalue weighted by molar-refractivity contribution is -0.122. The number of hydrogen-bond donors (Lipinski definition) is 3. The van der Waals surface area contributed by atoms with Crippen LogP contribution in [-0.4, -0.2) is 29.0 Å². The van der Waals surface area contributed by atoms with Crippen LogP contribution in [0.2, 0.25) is 5.28 Å². The van der Waals surface area contributed by atoms with Gasteiger partial charge in [-0.1, -0.05) is 0 Å². The van der Waals surface area contributed by atoms with Crippen molar-refractivity contribution >= 4 is 29.0 Å². The molecule has 1 saturated carbocycles. The van der Waals surface area contributed by atoms with Crippen LogP contribution in [0.25, 0.3) is 0 Å². The lowest BCUT2D eigenvalue weighted by Crippen LogP contribution is -2.30. The normalized spacial score (nSPS) is 14.3. The number of halogens is 1. The Labute approximate surface area is 110 Å². The van der Waals surface area contributed by atoms with Crippen molar-refractivity contribution < 1.29 is 4.79 Å². The van der Waals surface area contributed by atoms with Crippen molar-refractivity contribution in [3.05, 3.63) is 11.0 Å². The van der Waals surface area contributed by atoms with E-state index in [-0.39, 0.29) is 17.1 Å². The van der Waals surface area contributed by atoms with Crippen LogP contribution in [0.1, 0.15) is 18.5 Å². The van der Waals surface area contributed by atoms with Gasteiger partial charge >= 0.3 is 0 Å². The Balaban J connectivity index is 1.80. The SMILES string of the molecule is Cc1nc(Cl)nc(NCCNC(=O)C2CC2)c1N. The van der Waals surface area contributed by atoms with Gasteiger partial charge in [-0.25, -0.2) is 4.98 Å². The number of nitrogens with zero attached hydrogens (tertiary/aromatic N) is 2. The fraction of sp³-hybridized carbons (Fsp3) is 0.545. The minimum atomic E-state index is 0.127. The molecule has 4 N–H and O–H groups in total. The quantitative estimate of drug-likeness (QED) is 0.547. The standard InChI is InChI=1S/C11H16ClN5O/c1-6-8(13)9(17-11(12)16-6)14-4-5-15-10(18)7-2-3-7/h7H,2-5,13H2,1H3,(H,15,18)(H,14,16,17). The van der Waals surface area contributed by atoms with Crippen molar-refractivity contribution in [3.63, 3.8) is 0 Å². The predicted molar refractivity (Wildman–Crippen MR) is 70.4 cm³/mol. The first kappa shape index (κ1) is 12.9. The average molecular weight is 270 g/mol. The van der Waals surface area contributed by atoms with Crippen molar-refractivity contribution in [2.45, 2.75) is 19.8 Å². The number of anilines is 2. The van der Waals surface area contributed by atoms with Gasteiger partial charge in [0.05, 0.1) is 11.4 Å². The highest BCUT2D eigenvalue weighted by atomic mass is 35.5. The zero-order valence-electron chi connectivity index (χ0n) is 10.2. The van der Waals surface area contributed by atoms with Crippen LogP contribution in [0.4, 0.5) is 11.5 Å².